The zero-order valence-electron chi connectivity index (χ0n) is 9.89. The minimum absolute atomic E-state index is 0.0184. The highest BCUT2D eigenvalue weighted by Crippen LogP contribution is 2.34. The van der Waals surface area contributed by atoms with E-state index in [0.29, 0.717) is 10.0 Å². The van der Waals surface area contributed by atoms with Crippen molar-refractivity contribution < 1.29 is 9.50 Å². The Morgan fingerprint density at radius 1 is 1.25 bits per heavy atom. The molecule has 0 aliphatic heterocycles. The summed E-state index contributed by atoms with van der Waals surface area (Å²) in [5.41, 5.74) is 0.237. The number of aromatic nitrogens is 3. The Hall–Kier alpha value is -2.28. The van der Waals surface area contributed by atoms with E-state index in [1.807, 2.05) is 0 Å². The number of hydrogen-bond acceptors (Lipinski definition) is 4. The molecule has 0 unspecified atom stereocenters. The zero-order valence-corrected chi connectivity index (χ0v) is 11.5. The minimum atomic E-state index is -0.525. The molecule has 3 rings (SSSR count). The summed E-state index contributed by atoms with van der Waals surface area (Å²) in [6, 6.07) is 3.83. The maximum absolute atomic E-state index is 13.1. The van der Waals surface area contributed by atoms with E-state index < -0.39 is 11.4 Å². The van der Waals surface area contributed by atoms with E-state index in [1.165, 1.54) is 30.6 Å². The third-order valence-electron chi connectivity index (χ3n) is 2.82. The molecule has 0 fully saturated rings. The van der Waals surface area contributed by atoms with Crippen molar-refractivity contribution in [2.24, 2.45) is 0 Å². The van der Waals surface area contributed by atoms with Gasteiger partial charge in [-0.2, -0.15) is 0 Å². The number of aromatic hydroxyl groups is 1. The van der Waals surface area contributed by atoms with Gasteiger partial charge in [0.2, 0.25) is 0 Å². The Balaban J connectivity index is 2.39. The molecule has 100 valence electrons. The van der Waals surface area contributed by atoms with Gasteiger partial charge in [0.25, 0.3) is 5.56 Å². The molecule has 0 atom stereocenters. The second-order valence-corrected chi connectivity index (χ2v) is 4.91. The van der Waals surface area contributed by atoms with Gasteiger partial charge in [0.15, 0.2) is 11.4 Å². The molecular weight excluding hydrogens is 329 g/mol. The predicted octanol–water partition coefficient (Wildman–Crippen LogP) is 2.59. The van der Waals surface area contributed by atoms with E-state index in [2.05, 4.69) is 30.9 Å². The Kier molecular flexibility index (Phi) is 2.98. The molecule has 3 aromatic rings. The van der Waals surface area contributed by atoms with E-state index in [4.69, 9.17) is 0 Å². The first-order valence-electron chi connectivity index (χ1n) is 5.59. The van der Waals surface area contributed by atoms with Crippen molar-refractivity contribution in [1.82, 2.24) is 15.0 Å². The standard InChI is InChI=1S/C13H7BrFN3O2/c14-8-5-6(15)1-2-7(8)9-11(19)10-12(18-13(9)20)17-4-3-16-10/h1-5H,(H2,17,18,19,20). The van der Waals surface area contributed by atoms with Crippen molar-refractivity contribution in [1.29, 1.82) is 0 Å². The van der Waals surface area contributed by atoms with Crippen LogP contribution >= 0.6 is 15.9 Å². The summed E-state index contributed by atoms with van der Waals surface area (Å²) in [5.74, 6) is -0.735. The van der Waals surface area contributed by atoms with Gasteiger partial charge in [0.1, 0.15) is 11.3 Å². The molecule has 0 saturated carbocycles. The fourth-order valence-electron chi connectivity index (χ4n) is 1.94. The molecule has 0 radical (unpaired) electrons. The second kappa shape index (κ2) is 4.68. The normalized spacial score (nSPS) is 10.9. The van der Waals surface area contributed by atoms with E-state index in [9.17, 15) is 14.3 Å². The second-order valence-electron chi connectivity index (χ2n) is 4.06. The fourth-order valence-corrected chi connectivity index (χ4v) is 2.49. The predicted molar refractivity (Wildman–Crippen MR) is 74.9 cm³/mol. The number of halogens is 2. The maximum Gasteiger partial charge on any atom is 0.261 e. The van der Waals surface area contributed by atoms with E-state index in [-0.39, 0.29) is 22.5 Å². The highest BCUT2D eigenvalue weighted by molar-refractivity contribution is 9.10. The first-order valence-corrected chi connectivity index (χ1v) is 6.38. The number of nitrogens with one attached hydrogen (secondary N) is 1. The smallest absolute Gasteiger partial charge is 0.261 e. The van der Waals surface area contributed by atoms with Crippen LogP contribution < -0.4 is 5.56 Å². The number of H-pyrrole nitrogens is 1. The average Bonchev–Trinajstić information content (AvgIpc) is 2.41. The number of rotatable bonds is 1. The topological polar surface area (TPSA) is 78.9 Å². The van der Waals surface area contributed by atoms with Gasteiger partial charge in [-0.25, -0.2) is 14.4 Å². The highest BCUT2D eigenvalue weighted by Gasteiger charge is 2.17. The van der Waals surface area contributed by atoms with E-state index in [0.717, 1.165) is 0 Å². The Labute approximate surface area is 120 Å². The first-order chi connectivity index (χ1) is 9.58. The molecule has 1 aromatic carbocycles. The number of fused-ring (bicyclic) bond motifs is 1. The van der Waals surface area contributed by atoms with Crippen molar-refractivity contribution in [2.75, 3.05) is 0 Å². The summed E-state index contributed by atoms with van der Waals surface area (Å²) in [4.78, 5) is 22.5. The fraction of sp³-hybridized carbons (Fsp3) is 0. The number of nitrogens with zero attached hydrogens (tertiary/aromatic N) is 2. The summed E-state index contributed by atoms with van der Waals surface area (Å²) < 4.78 is 13.5. The SMILES string of the molecule is O=c1[nH]c2nccnc2c(O)c1-c1ccc(F)cc1Br. The van der Waals surface area contributed by atoms with Crippen molar-refractivity contribution in [2.45, 2.75) is 0 Å². The van der Waals surface area contributed by atoms with E-state index >= 15 is 0 Å². The lowest BCUT2D eigenvalue weighted by molar-refractivity contribution is 0.481. The van der Waals surface area contributed by atoms with Gasteiger partial charge in [-0.3, -0.25) is 4.79 Å². The summed E-state index contributed by atoms with van der Waals surface area (Å²) >= 11 is 3.18. The lowest BCUT2D eigenvalue weighted by Gasteiger charge is -2.08. The average molecular weight is 336 g/mol. The van der Waals surface area contributed by atoms with Crippen LogP contribution in [-0.2, 0) is 0 Å². The van der Waals surface area contributed by atoms with Crippen LogP contribution in [0.15, 0.2) is 39.9 Å². The Morgan fingerprint density at radius 2 is 2.00 bits per heavy atom. The van der Waals surface area contributed by atoms with Crippen LogP contribution in [0.2, 0.25) is 0 Å². The minimum Gasteiger partial charge on any atom is -0.505 e. The van der Waals surface area contributed by atoms with Gasteiger partial charge in [-0.1, -0.05) is 15.9 Å². The Morgan fingerprint density at radius 3 is 2.75 bits per heavy atom. The largest absolute Gasteiger partial charge is 0.505 e. The lowest BCUT2D eigenvalue weighted by atomic mass is 10.1. The van der Waals surface area contributed by atoms with Crippen LogP contribution in [0, 0.1) is 5.82 Å². The van der Waals surface area contributed by atoms with E-state index in [1.54, 1.807) is 0 Å². The van der Waals surface area contributed by atoms with Crippen molar-refractivity contribution in [3.63, 3.8) is 0 Å². The molecule has 2 aromatic heterocycles. The molecular formula is C13H7BrFN3O2. The Bertz CT molecular complexity index is 879. The summed E-state index contributed by atoms with van der Waals surface area (Å²) in [6.45, 7) is 0. The molecule has 0 aliphatic carbocycles. The number of benzene rings is 1. The van der Waals surface area contributed by atoms with Crippen molar-refractivity contribution in [3.8, 4) is 16.9 Å². The molecule has 5 nitrogen and oxygen atoms in total. The number of aromatic amines is 1. The summed E-state index contributed by atoms with van der Waals surface area (Å²) in [6.07, 6.45) is 2.81. The number of hydrogen-bond donors (Lipinski definition) is 2. The zero-order chi connectivity index (χ0) is 14.3. The monoisotopic (exact) mass is 335 g/mol. The van der Waals surface area contributed by atoms with Crippen LogP contribution in [0.3, 0.4) is 0 Å². The molecule has 20 heavy (non-hydrogen) atoms. The van der Waals surface area contributed by atoms with Crippen LogP contribution in [-0.4, -0.2) is 20.1 Å². The van der Waals surface area contributed by atoms with Gasteiger partial charge >= 0.3 is 0 Å². The van der Waals surface area contributed by atoms with Crippen LogP contribution in [0.4, 0.5) is 4.39 Å². The first kappa shape index (κ1) is 12.7. The molecule has 0 saturated heterocycles. The lowest BCUT2D eigenvalue weighted by Crippen LogP contribution is -2.11. The molecule has 0 bridgehead atoms. The van der Waals surface area contributed by atoms with Crippen molar-refractivity contribution in [3.05, 3.63) is 51.2 Å². The summed E-state index contributed by atoms with van der Waals surface area (Å²) in [5, 5.41) is 10.2. The third kappa shape index (κ3) is 1.96. The maximum atomic E-state index is 13.1. The van der Waals surface area contributed by atoms with Gasteiger partial charge < -0.3 is 10.1 Å². The molecule has 7 heteroatoms. The molecule has 2 N–H and O–H groups in total. The van der Waals surface area contributed by atoms with Gasteiger partial charge in [0.05, 0.1) is 5.56 Å². The number of pyridine rings is 1. The highest BCUT2D eigenvalue weighted by atomic mass is 79.9. The van der Waals surface area contributed by atoms with Gasteiger partial charge in [-0.15, -0.1) is 0 Å². The van der Waals surface area contributed by atoms with Gasteiger partial charge in [0, 0.05) is 22.4 Å². The van der Waals surface area contributed by atoms with Crippen molar-refractivity contribution >= 4 is 27.1 Å². The quantitative estimate of drug-likeness (QED) is 0.716. The van der Waals surface area contributed by atoms with Crippen LogP contribution in [0.1, 0.15) is 0 Å². The van der Waals surface area contributed by atoms with Gasteiger partial charge in [-0.05, 0) is 18.2 Å². The summed E-state index contributed by atoms with van der Waals surface area (Å²) in [7, 11) is 0. The molecule has 0 aliphatic rings. The molecule has 0 amide bonds. The molecule has 0 spiro atoms. The molecule has 2 heterocycles. The van der Waals surface area contributed by atoms with Crippen LogP contribution in [0.25, 0.3) is 22.3 Å². The third-order valence-corrected chi connectivity index (χ3v) is 3.47. The van der Waals surface area contributed by atoms with Crippen LogP contribution in [0.5, 0.6) is 5.75 Å².